The molecule has 16 heavy (non-hydrogen) atoms. The predicted octanol–water partition coefficient (Wildman–Crippen LogP) is 1.61. The van der Waals surface area contributed by atoms with Crippen molar-refractivity contribution in [2.45, 2.75) is 40.2 Å². The van der Waals surface area contributed by atoms with E-state index in [1.54, 1.807) is 6.20 Å². The van der Waals surface area contributed by atoms with Gasteiger partial charge >= 0.3 is 0 Å². The Labute approximate surface area is 96.0 Å². The Balaban J connectivity index is 2.64. The lowest BCUT2D eigenvalue weighted by atomic mass is 9.88. The Morgan fingerprint density at radius 3 is 2.88 bits per heavy atom. The van der Waals surface area contributed by atoms with E-state index in [0.717, 1.165) is 25.2 Å². The topological polar surface area (TPSA) is 76.4 Å². The van der Waals surface area contributed by atoms with Crippen molar-refractivity contribution < 1.29 is 5.21 Å². The third-order valence-electron chi connectivity index (χ3n) is 2.90. The maximum atomic E-state index is 8.67. The van der Waals surface area contributed by atoms with Gasteiger partial charge in [-0.15, -0.1) is 0 Å². The van der Waals surface area contributed by atoms with E-state index < -0.39 is 0 Å². The van der Waals surface area contributed by atoms with Crippen LogP contribution in [0.5, 0.6) is 0 Å². The van der Waals surface area contributed by atoms with Crippen molar-refractivity contribution in [3.05, 3.63) is 18.2 Å². The largest absolute Gasteiger partial charge is 0.409 e. The van der Waals surface area contributed by atoms with Gasteiger partial charge in [-0.05, 0) is 6.42 Å². The summed E-state index contributed by atoms with van der Waals surface area (Å²) in [5.74, 6) is 1.33. The maximum Gasteiger partial charge on any atom is 0.144 e. The van der Waals surface area contributed by atoms with Crippen molar-refractivity contribution in [3.8, 4) is 0 Å². The van der Waals surface area contributed by atoms with Gasteiger partial charge in [-0.25, -0.2) is 4.98 Å². The van der Waals surface area contributed by atoms with Crippen molar-refractivity contribution in [2.24, 2.45) is 16.3 Å². The van der Waals surface area contributed by atoms with Crippen molar-refractivity contribution >= 4 is 5.84 Å². The first-order valence-electron chi connectivity index (χ1n) is 5.49. The average Bonchev–Trinajstić information content (AvgIpc) is 2.72. The molecule has 1 aromatic heterocycles. The number of hydrogen-bond donors (Lipinski definition) is 2. The summed E-state index contributed by atoms with van der Waals surface area (Å²) >= 11 is 0. The zero-order valence-corrected chi connectivity index (χ0v) is 10.1. The van der Waals surface area contributed by atoms with Crippen LogP contribution in [0.4, 0.5) is 0 Å². The van der Waals surface area contributed by atoms with Crippen LogP contribution in [0.25, 0.3) is 0 Å². The van der Waals surface area contributed by atoms with Gasteiger partial charge in [0.05, 0.1) is 0 Å². The van der Waals surface area contributed by atoms with E-state index in [2.05, 4.69) is 21.6 Å². The van der Waals surface area contributed by atoms with Gasteiger partial charge in [0, 0.05) is 30.8 Å². The first-order chi connectivity index (χ1) is 7.51. The summed E-state index contributed by atoms with van der Waals surface area (Å²) < 4.78 is 2.10. The van der Waals surface area contributed by atoms with Gasteiger partial charge in [-0.1, -0.05) is 25.9 Å². The minimum atomic E-state index is -0.302. The normalized spacial score (nSPS) is 13.1. The lowest BCUT2D eigenvalue weighted by Gasteiger charge is -2.23. The lowest BCUT2D eigenvalue weighted by Crippen LogP contribution is -2.33. The first-order valence-corrected chi connectivity index (χ1v) is 5.49. The summed E-state index contributed by atoms with van der Waals surface area (Å²) in [6.07, 6.45) is 5.49. The lowest BCUT2D eigenvalue weighted by molar-refractivity contribution is 0.303. The van der Waals surface area contributed by atoms with Crippen LogP contribution >= 0.6 is 0 Å². The quantitative estimate of drug-likeness (QED) is 0.345. The molecule has 5 nitrogen and oxygen atoms in total. The number of nitrogens with zero attached hydrogens (tertiary/aromatic N) is 3. The molecular formula is C11H20N4O. The highest BCUT2D eigenvalue weighted by molar-refractivity contribution is 5.85. The predicted molar refractivity (Wildman–Crippen MR) is 63.4 cm³/mol. The Bertz CT molecular complexity index is 368. The molecule has 0 bridgehead atoms. The Morgan fingerprint density at radius 1 is 1.62 bits per heavy atom. The van der Waals surface area contributed by atoms with Gasteiger partial charge in [0.1, 0.15) is 11.7 Å². The van der Waals surface area contributed by atoms with E-state index >= 15 is 0 Å². The molecule has 1 heterocycles. The fourth-order valence-corrected chi connectivity index (χ4v) is 1.52. The molecule has 90 valence electrons. The van der Waals surface area contributed by atoms with Crippen molar-refractivity contribution in [1.29, 1.82) is 0 Å². The Kier molecular flexibility index (Phi) is 3.93. The first kappa shape index (κ1) is 12.5. The van der Waals surface area contributed by atoms with Crippen molar-refractivity contribution in [3.63, 3.8) is 0 Å². The third-order valence-corrected chi connectivity index (χ3v) is 2.90. The maximum absolute atomic E-state index is 8.67. The van der Waals surface area contributed by atoms with Crippen LogP contribution in [0, 0.1) is 5.41 Å². The molecule has 1 aromatic rings. The van der Waals surface area contributed by atoms with Gasteiger partial charge in [-0.2, -0.15) is 0 Å². The fraction of sp³-hybridized carbons (Fsp3) is 0.636. The van der Waals surface area contributed by atoms with Crippen LogP contribution in [-0.2, 0) is 13.0 Å². The van der Waals surface area contributed by atoms with E-state index in [1.165, 1.54) is 0 Å². The summed E-state index contributed by atoms with van der Waals surface area (Å²) in [7, 11) is 0. The molecule has 0 spiro atoms. The molecule has 0 aliphatic heterocycles. The zero-order valence-electron chi connectivity index (χ0n) is 10.1. The van der Waals surface area contributed by atoms with Crippen LogP contribution in [0.1, 0.15) is 33.0 Å². The van der Waals surface area contributed by atoms with E-state index in [-0.39, 0.29) is 11.3 Å². The minimum Gasteiger partial charge on any atom is -0.409 e. The molecule has 0 aromatic carbocycles. The van der Waals surface area contributed by atoms with Crippen molar-refractivity contribution in [1.82, 2.24) is 9.55 Å². The number of oxime groups is 1. The van der Waals surface area contributed by atoms with Gasteiger partial charge < -0.3 is 15.5 Å². The standard InChI is InChI=1S/C11H20N4O/c1-4-9-13-6-8-15(9)7-5-11(2,3)10(12)14-16/h6,8,16H,4-5,7H2,1-3H3,(H2,12,14). The van der Waals surface area contributed by atoms with E-state index in [4.69, 9.17) is 10.9 Å². The summed E-state index contributed by atoms with van der Waals surface area (Å²) in [5.41, 5.74) is 5.33. The monoisotopic (exact) mass is 224 g/mol. The van der Waals surface area contributed by atoms with Gasteiger partial charge in [0.15, 0.2) is 0 Å². The molecule has 0 unspecified atom stereocenters. The van der Waals surface area contributed by atoms with Crippen LogP contribution in [0.3, 0.4) is 0 Å². The molecule has 3 N–H and O–H groups in total. The van der Waals surface area contributed by atoms with Crippen LogP contribution in [0.2, 0.25) is 0 Å². The molecule has 0 radical (unpaired) electrons. The summed E-state index contributed by atoms with van der Waals surface area (Å²) in [5, 5.41) is 11.7. The molecule has 0 aliphatic carbocycles. The molecule has 0 atom stereocenters. The number of nitrogens with two attached hydrogens (primary N) is 1. The molecule has 0 amide bonds. The second-order valence-corrected chi connectivity index (χ2v) is 4.51. The number of aromatic nitrogens is 2. The molecule has 0 saturated carbocycles. The number of aryl methyl sites for hydroxylation is 2. The SMILES string of the molecule is CCc1nccn1CCC(C)(C)C(N)=NO. The van der Waals surface area contributed by atoms with Crippen LogP contribution in [0.15, 0.2) is 17.5 Å². The number of imidazole rings is 1. The average molecular weight is 224 g/mol. The van der Waals surface area contributed by atoms with Gasteiger partial charge in [-0.3, -0.25) is 0 Å². The number of hydrogen-bond acceptors (Lipinski definition) is 3. The van der Waals surface area contributed by atoms with E-state index in [0.29, 0.717) is 0 Å². The van der Waals surface area contributed by atoms with E-state index in [1.807, 2.05) is 20.0 Å². The molecule has 0 saturated heterocycles. The molecule has 5 heteroatoms. The Hall–Kier alpha value is -1.52. The highest BCUT2D eigenvalue weighted by Crippen LogP contribution is 2.21. The fourth-order valence-electron chi connectivity index (χ4n) is 1.52. The minimum absolute atomic E-state index is 0.269. The Morgan fingerprint density at radius 2 is 2.31 bits per heavy atom. The molecule has 1 rings (SSSR count). The highest BCUT2D eigenvalue weighted by Gasteiger charge is 2.23. The number of rotatable bonds is 5. The molecule has 0 aliphatic rings. The smallest absolute Gasteiger partial charge is 0.144 e. The van der Waals surface area contributed by atoms with Crippen LogP contribution < -0.4 is 5.73 Å². The second kappa shape index (κ2) is 5.01. The van der Waals surface area contributed by atoms with Crippen LogP contribution in [-0.4, -0.2) is 20.6 Å². The summed E-state index contributed by atoms with van der Waals surface area (Å²) in [6, 6.07) is 0. The molecule has 0 fully saturated rings. The zero-order chi connectivity index (χ0) is 12.2. The van der Waals surface area contributed by atoms with Gasteiger partial charge in [0.25, 0.3) is 0 Å². The second-order valence-electron chi connectivity index (χ2n) is 4.51. The number of amidine groups is 1. The summed E-state index contributed by atoms with van der Waals surface area (Å²) in [4.78, 5) is 4.25. The van der Waals surface area contributed by atoms with Crippen molar-refractivity contribution in [2.75, 3.05) is 0 Å². The summed E-state index contributed by atoms with van der Waals surface area (Å²) in [6.45, 7) is 6.83. The molecular weight excluding hydrogens is 204 g/mol. The van der Waals surface area contributed by atoms with E-state index in [9.17, 15) is 0 Å². The van der Waals surface area contributed by atoms with Gasteiger partial charge in [0.2, 0.25) is 0 Å². The highest BCUT2D eigenvalue weighted by atomic mass is 16.4. The third kappa shape index (κ3) is 2.74.